The summed E-state index contributed by atoms with van der Waals surface area (Å²) in [4.78, 5) is 35.0. The molecule has 0 saturated heterocycles. The molecule has 2 N–H and O–H groups in total. The molecule has 7 heteroatoms. The highest BCUT2D eigenvalue weighted by molar-refractivity contribution is 5.86. The summed E-state index contributed by atoms with van der Waals surface area (Å²) in [6.45, 7) is 1.89. The second-order valence-electron chi connectivity index (χ2n) is 3.31. The zero-order valence-electron chi connectivity index (χ0n) is 8.89. The Balaban J connectivity index is 3.20. The van der Waals surface area contributed by atoms with Gasteiger partial charge in [0.05, 0.1) is 12.6 Å². The number of H-pyrrole nitrogens is 1. The molecule has 0 aliphatic rings. The Morgan fingerprint density at radius 2 is 2.25 bits per heavy atom. The minimum atomic E-state index is -1.37. The first-order valence-electron chi connectivity index (χ1n) is 4.55. The maximum atomic E-state index is 11.3. The van der Waals surface area contributed by atoms with E-state index in [2.05, 4.69) is 0 Å². The van der Waals surface area contributed by atoms with E-state index in [1.54, 1.807) is 6.92 Å². The average Bonchev–Trinajstić information content (AvgIpc) is 2.21. The van der Waals surface area contributed by atoms with Crippen molar-refractivity contribution in [2.45, 2.75) is 19.6 Å². The first kappa shape index (κ1) is 12.2. The predicted octanol–water partition coefficient (Wildman–Crippen LogP) is -0.730. The van der Waals surface area contributed by atoms with Gasteiger partial charge in [0.15, 0.2) is 0 Å². The van der Waals surface area contributed by atoms with E-state index in [0.717, 1.165) is 10.8 Å². The molecule has 0 spiro atoms. The van der Waals surface area contributed by atoms with Crippen LogP contribution in [-0.4, -0.2) is 33.8 Å². The summed E-state index contributed by atoms with van der Waals surface area (Å²) in [5.74, 6) is -1.37. The molecule has 1 unspecified atom stereocenters. The highest BCUT2D eigenvalue weighted by atomic mass is 16.5. The van der Waals surface area contributed by atoms with Gasteiger partial charge < -0.3 is 9.84 Å². The van der Waals surface area contributed by atoms with Gasteiger partial charge in [0.2, 0.25) is 0 Å². The summed E-state index contributed by atoms with van der Waals surface area (Å²) in [7, 11) is 1.47. The number of aromatic nitrogens is 2. The maximum Gasteiger partial charge on any atom is 0.342 e. The fourth-order valence-corrected chi connectivity index (χ4v) is 1.15. The van der Waals surface area contributed by atoms with Crippen LogP contribution in [0.3, 0.4) is 0 Å². The Labute approximate surface area is 90.3 Å². The number of carbonyl (C=O) groups is 1. The molecule has 0 bridgehead atoms. The van der Waals surface area contributed by atoms with Gasteiger partial charge in [-0.05, 0) is 6.92 Å². The number of hydrogen-bond acceptors (Lipinski definition) is 4. The molecule has 1 heterocycles. The fraction of sp³-hybridized carbons (Fsp3) is 0.444. The molecule has 0 aliphatic carbocycles. The van der Waals surface area contributed by atoms with Gasteiger partial charge in [0.25, 0.3) is 5.56 Å². The second kappa shape index (κ2) is 4.75. The van der Waals surface area contributed by atoms with Gasteiger partial charge >= 0.3 is 11.7 Å². The molecule has 0 radical (unpaired) electrons. The third kappa shape index (κ3) is 2.57. The van der Waals surface area contributed by atoms with E-state index in [1.807, 2.05) is 4.98 Å². The number of rotatable bonds is 4. The zero-order chi connectivity index (χ0) is 12.3. The van der Waals surface area contributed by atoms with Crippen molar-refractivity contribution in [3.63, 3.8) is 0 Å². The second-order valence-corrected chi connectivity index (χ2v) is 3.31. The smallest absolute Gasteiger partial charge is 0.342 e. The summed E-state index contributed by atoms with van der Waals surface area (Å²) >= 11 is 0. The normalized spacial score (nSPS) is 12.4. The predicted molar refractivity (Wildman–Crippen MR) is 54.8 cm³/mol. The molecule has 0 amide bonds. The number of carboxylic acid groups (broad SMARTS) is 1. The Kier molecular flexibility index (Phi) is 3.62. The van der Waals surface area contributed by atoms with Gasteiger partial charge in [-0.2, -0.15) is 0 Å². The van der Waals surface area contributed by atoms with E-state index < -0.39 is 22.8 Å². The number of hydrogen-bond donors (Lipinski definition) is 2. The molecule has 1 aromatic heterocycles. The van der Waals surface area contributed by atoms with Crippen molar-refractivity contribution in [3.05, 3.63) is 32.6 Å². The molecule has 0 saturated carbocycles. The van der Waals surface area contributed by atoms with Crippen LogP contribution in [0.4, 0.5) is 0 Å². The van der Waals surface area contributed by atoms with Crippen molar-refractivity contribution >= 4 is 5.97 Å². The van der Waals surface area contributed by atoms with Crippen LogP contribution in [0.1, 0.15) is 17.3 Å². The highest BCUT2D eigenvalue weighted by Gasteiger charge is 2.12. The van der Waals surface area contributed by atoms with Gasteiger partial charge in [-0.1, -0.05) is 0 Å². The van der Waals surface area contributed by atoms with Crippen molar-refractivity contribution < 1.29 is 14.6 Å². The number of aromatic amines is 1. The van der Waals surface area contributed by atoms with Gasteiger partial charge in [-0.25, -0.2) is 9.59 Å². The van der Waals surface area contributed by atoms with Crippen molar-refractivity contribution in [1.29, 1.82) is 0 Å². The van der Waals surface area contributed by atoms with Crippen LogP contribution in [0, 0.1) is 0 Å². The molecular weight excluding hydrogens is 216 g/mol. The van der Waals surface area contributed by atoms with Crippen molar-refractivity contribution in [3.8, 4) is 0 Å². The van der Waals surface area contributed by atoms with E-state index in [0.29, 0.717) is 0 Å². The van der Waals surface area contributed by atoms with Crippen molar-refractivity contribution in [2.75, 3.05) is 7.11 Å². The third-order valence-electron chi connectivity index (χ3n) is 2.10. The molecule has 1 aromatic rings. The molecule has 88 valence electrons. The third-order valence-corrected chi connectivity index (χ3v) is 2.10. The summed E-state index contributed by atoms with van der Waals surface area (Å²) in [6, 6.07) is 0. The summed E-state index contributed by atoms with van der Waals surface area (Å²) in [5.41, 5.74) is -2.03. The molecule has 16 heavy (non-hydrogen) atoms. The lowest BCUT2D eigenvalue weighted by atomic mass is 10.3. The lowest BCUT2D eigenvalue weighted by Gasteiger charge is -2.11. The van der Waals surface area contributed by atoms with E-state index in [9.17, 15) is 14.4 Å². The Morgan fingerprint density at radius 1 is 1.62 bits per heavy atom. The van der Waals surface area contributed by atoms with Gasteiger partial charge in [-0.3, -0.25) is 14.3 Å². The van der Waals surface area contributed by atoms with Crippen LogP contribution >= 0.6 is 0 Å². The number of ether oxygens (including phenoxy) is 1. The van der Waals surface area contributed by atoms with E-state index in [4.69, 9.17) is 9.84 Å². The SMILES string of the molecule is COC(C)Cn1cc(C(=O)O)c(=O)[nH]c1=O. The van der Waals surface area contributed by atoms with E-state index in [-0.39, 0.29) is 12.6 Å². The lowest BCUT2D eigenvalue weighted by molar-refractivity contribution is 0.0691. The van der Waals surface area contributed by atoms with Gasteiger partial charge in [0, 0.05) is 13.3 Å². The number of nitrogens with one attached hydrogen (secondary N) is 1. The van der Waals surface area contributed by atoms with Gasteiger partial charge in [0.1, 0.15) is 5.56 Å². The Hall–Kier alpha value is -1.89. The van der Waals surface area contributed by atoms with E-state index in [1.165, 1.54) is 7.11 Å². The minimum absolute atomic E-state index is 0.173. The van der Waals surface area contributed by atoms with Crippen LogP contribution in [0.25, 0.3) is 0 Å². The molecule has 1 rings (SSSR count). The standard InChI is InChI=1S/C9H12N2O5/c1-5(16-2)3-11-4-6(8(13)14)7(12)10-9(11)15/h4-5H,3H2,1-2H3,(H,13,14)(H,10,12,15). The molecule has 1 atom stereocenters. The largest absolute Gasteiger partial charge is 0.477 e. The lowest BCUT2D eigenvalue weighted by Crippen LogP contribution is -2.35. The molecule has 7 nitrogen and oxygen atoms in total. The van der Waals surface area contributed by atoms with Crippen LogP contribution in [0.15, 0.2) is 15.8 Å². The number of aromatic carboxylic acids is 1. The number of nitrogens with zero attached hydrogens (tertiary/aromatic N) is 1. The van der Waals surface area contributed by atoms with Crippen LogP contribution in [-0.2, 0) is 11.3 Å². The van der Waals surface area contributed by atoms with Gasteiger partial charge in [-0.15, -0.1) is 0 Å². The molecule has 0 fully saturated rings. The average molecular weight is 228 g/mol. The summed E-state index contributed by atoms with van der Waals surface area (Å²) in [6.07, 6.45) is 0.754. The topological polar surface area (TPSA) is 101 Å². The Bertz CT molecular complexity index is 501. The zero-order valence-corrected chi connectivity index (χ0v) is 8.89. The van der Waals surface area contributed by atoms with Crippen LogP contribution < -0.4 is 11.2 Å². The molecule has 0 aromatic carbocycles. The molecular formula is C9H12N2O5. The number of methoxy groups -OCH3 is 1. The first-order valence-corrected chi connectivity index (χ1v) is 4.55. The van der Waals surface area contributed by atoms with Crippen molar-refractivity contribution in [2.24, 2.45) is 0 Å². The summed E-state index contributed by atoms with van der Waals surface area (Å²) in [5, 5.41) is 8.71. The fourth-order valence-electron chi connectivity index (χ4n) is 1.15. The monoisotopic (exact) mass is 228 g/mol. The van der Waals surface area contributed by atoms with Crippen LogP contribution in [0.5, 0.6) is 0 Å². The Morgan fingerprint density at radius 3 is 2.75 bits per heavy atom. The summed E-state index contributed by atoms with van der Waals surface area (Å²) < 4.78 is 6.04. The quantitative estimate of drug-likeness (QED) is 0.707. The van der Waals surface area contributed by atoms with Crippen molar-refractivity contribution in [1.82, 2.24) is 9.55 Å². The first-order chi connectivity index (χ1) is 7.45. The van der Waals surface area contributed by atoms with Crippen LogP contribution in [0.2, 0.25) is 0 Å². The molecule has 0 aliphatic heterocycles. The minimum Gasteiger partial charge on any atom is -0.477 e. The highest BCUT2D eigenvalue weighted by Crippen LogP contribution is 1.93. The number of carboxylic acids is 1. The van der Waals surface area contributed by atoms with E-state index >= 15 is 0 Å². The maximum absolute atomic E-state index is 11.3.